The predicted molar refractivity (Wildman–Crippen MR) is 103 cm³/mol. The van der Waals surface area contributed by atoms with Crippen molar-refractivity contribution in [2.75, 3.05) is 0 Å². The van der Waals surface area contributed by atoms with Crippen LogP contribution in [0.2, 0.25) is 0 Å². The molecule has 0 bridgehead atoms. The maximum absolute atomic E-state index is 12.4. The molecule has 0 aromatic heterocycles. The van der Waals surface area contributed by atoms with Crippen molar-refractivity contribution in [2.24, 2.45) is 0 Å². The van der Waals surface area contributed by atoms with Gasteiger partial charge in [-0.2, -0.15) is 8.42 Å². The van der Waals surface area contributed by atoms with Crippen LogP contribution in [0.25, 0.3) is 0 Å². The summed E-state index contributed by atoms with van der Waals surface area (Å²) < 4.78 is 34.8. The minimum absolute atomic E-state index is 0.160. The molecule has 0 heterocycles. The molecule has 0 saturated carbocycles. The van der Waals surface area contributed by atoms with Gasteiger partial charge >= 0.3 is 0 Å². The van der Waals surface area contributed by atoms with Gasteiger partial charge in [-0.05, 0) is 32.9 Å². The van der Waals surface area contributed by atoms with Gasteiger partial charge in [0.15, 0.2) is 12.6 Å². The first-order valence-corrected chi connectivity index (χ1v) is 9.96. The second kappa shape index (κ2) is 6.57. The third-order valence-corrected chi connectivity index (χ3v) is 5.20. The van der Waals surface area contributed by atoms with E-state index >= 15 is 0 Å². The summed E-state index contributed by atoms with van der Waals surface area (Å²) in [6.45, 7) is 16.3. The number of carbonyl (C=O) groups excluding carboxylic acids is 2. The highest BCUT2D eigenvalue weighted by molar-refractivity contribution is 7.86. The number of aldehydes is 2. The Morgan fingerprint density at radius 3 is 1.08 bits per heavy atom. The summed E-state index contributed by atoms with van der Waals surface area (Å²) in [7, 11) is -4.68. The zero-order valence-corrected chi connectivity index (χ0v) is 18.0. The van der Waals surface area contributed by atoms with E-state index in [-0.39, 0.29) is 27.1 Å². The summed E-state index contributed by atoms with van der Waals surface area (Å²) in [6.07, 6.45) is 1.19. The molecular weight excluding hydrogens is 352 g/mol. The van der Waals surface area contributed by atoms with Gasteiger partial charge in [-0.1, -0.05) is 62.3 Å². The Bertz CT molecular complexity index is 795. The van der Waals surface area contributed by atoms with Crippen molar-refractivity contribution in [3.63, 3.8) is 0 Å². The average Bonchev–Trinajstić information content (AvgIpc) is 2.39. The van der Waals surface area contributed by atoms with Gasteiger partial charge in [0.2, 0.25) is 0 Å². The van der Waals surface area contributed by atoms with Gasteiger partial charge in [0.1, 0.15) is 4.90 Å². The van der Waals surface area contributed by atoms with Crippen LogP contribution in [-0.2, 0) is 26.4 Å². The van der Waals surface area contributed by atoms with Crippen molar-refractivity contribution in [2.45, 2.75) is 83.5 Å². The second-order valence-electron chi connectivity index (χ2n) is 9.74. The van der Waals surface area contributed by atoms with Crippen LogP contribution in [0.1, 0.15) is 99.7 Å². The zero-order valence-electron chi connectivity index (χ0n) is 17.1. The molecule has 0 aliphatic rings. The Morgan fingerprint density at radius 1 is 0.654 bits per heavy atom. The maximum atomic E-state index is 12.4. The molecule has 0 saturated heterocycles. The van der Waals surface area contributed by atoms with E-state index in [1.807, 2.05) is 20.8 Å². The standard InChI is InChI=1S/C20H30O5S/c1-18(2,3)14-12(10-21)15(19(4,5)6)17(26(23,24)25)16(13(14)11-22)20(7,8)9/h10-11H,1-9H3,(H,23,24,25). The minimum Gasteiger partial charge on any atom is -0.298 e. The van der Waals surface area contributed by atoms with Gasteiger partial charge in [-0.25, -0.2) is 0 Å². The molecule has 6 heteroatoms. The fourth-order valence-electron chi connectivity index (χ4n) is 3.56. The highest BCUT2D eigenvalue weighted by Gasteiger charge is 2.40. The lowest BCUT2D eigenvalue weighted by atomic mass is 9.69. The molecule has 0 fully saturated rings. The lowest BCUT2D eigenvalue weighted by Crippen LogP contribution is -2.31. The van der Waals surface area contributed by atoms with Gasteiger partial charge in [-0.15, -0.1) is 0 Å². The Balaban J connectivity index is 4.63. The maximum Gasteiger partial charge on any atom is 0.295 e. The molecule has 1 rings (SSSR count). The minimum atomic E-state index is -4.68. The van der Waals surface area contributed by atoms with E-state index in [0.717, 1.165) is 0 Å². The van der Waals surface area contributed by atoms with Crippen molar-refractivity contribution in [3.8, 4) is 0 Å². The predicted octanol–water partition coefficient (Wildman–Crippen LogP) is 4.45. The summed E-state index contributed by atoms with van der Waals surface area (Å²) >= 11 is 0. The van der Waals surface area contributed by atoms with Gasteiger partial charge < -0.3 is 0 Å². The van der Waals surface area contributed by atoms with Crippen LogP contribution in [0.3, 0.4) is 0 Å². The normalized spacial score (nSPS) is 13.6. The summed E-state index contributed by atoms with van der Waals surface area (Å²) in [5, 5.41) is 0. The van der Waals surface area contributed by atoms with Crippen LogP contribution in [0.4, 0.5) is 0 Å². The summed E-state index contributed by atoms with van der Waals surface area (Å²) in [5.74, 6) is 0. The van der Waals surface area contributed by atoms with Crippen LogP contribution in [0, 0.1) is 0 Å². The van der Waals surface area contributed by atoms with Crippen molar-refractivity contribution >= 4 is 22.7 Å². The second-order valence-corrected chi connectivity index (χ2v) is 11.1. The number of rotatable bonds is 3. The molecule has 26 heavy (non-hydrogen) atoms. The Labute approximate surface area is 156 Å². The topological polar surface area (TPSA) is 88.5 Å². The molecule has 1 aromatic rings. The molecule has 0 unspecified atom stereocenters. The first-order chi connectivity index (χ1) is 11.4. The fraction of sp³-hybridized carbons (Fsp3) is 0.600. The molecule has 0 spiro atoms. The number of carbonyl (C=O) groups is 2. The highest BCUT2D eigenvalue weighted by Crippen LogP contribution is 2.45. The summed E-state index contributed by atoms with van der Waals surface area (Å²) in [6, 6.07) is 0. The smallest absolute Gasteiger partial charge is 0.295 e. The van der Waals surface area contributed by atoms with Crippen molar-refractivity contribution in [3.05, 3.63) is 27.8 Å². The van der Waals surface area contributed by atoms with E-state index in [4.69, 9.17) is 0 Å². The van der Waals surface area contributed by atoms with E-state index < -0.39 is 26.4 Å². The quantitative estimate of drug-likeness (QED) is 0.616. The van der Waals surface area contributed by atoms with Crippen molar-refractivity contribution in [1.82, 2.24) is 0 Å². The molecule has 1 aromatic carbocycles. The lowest BCUT2D eigenvalue weighted by Gasteiger charge is -2.36. The first kappa shape index (κ1) is 22.5. The summed E-state index contributed by atoms with van der Waals surface area (Å²) in [4.78, 5) is 23.8. The third-order valence-electron chi connectivity index (χ3n) is 4.28. The first-order valence-electron chi connectivity index (χ1n) is 8.52. The van der Waals surface area contributed by atoms with Crippen LogP contribution < -0.4 is 0 Å². The van der Waals surface area contributed by atoms with E-state index in [2.05, 4.69) is 0 Å². The molecular formula is C20H30O5S. The van der Waals surface area contributed by atoms with E-state index in [9.17, 15) is 22.6 Å². The molecule has 0 aliphatic carbocycles. The molecule has 1 N–H and O–H groups in total. The molecule has 5 nitrogen and oxygen atoms in total. The largest absolute Gasteiger partial charge is 0.298 e. The van der Waals surface area contributed by atoms with Gasteiger partial charge in [0.05, 0.1) is 0 Å². The van der Waals surface area contributed by atoms with Crippen molar-refractivity contribution < 1.29 is 22.6 Å². The van der Waals surface area contributed by atoms with Gasteiger partial charge in [-0.3, -0.25) is 14.1 Å². The third kappa shape index (κ3) is 4.07. The van der Waals surface area contributed by atoms with Crippen LogP contribution in [0.15, 0.2) is 4.90 Å². The highest BCUT2D eigenvalue weighted by atomic mass is 32.2. The fourth-order valence-corrected chi connectivity index (χ4v) is 4.90. The van der Waals surface area contributed by atoms with E-state index in [1.165, 1.54) is 0 Å². The number of benzene rings is 1. The van der Waals surface area contributed by atoms with E-state index in [1.54, 1.807) is 41.5 Å². The van der Waals surface area contributed by atoms with Gasteiger partial charge in [0.25, 0.3) is 10.1 Å². The molecule has 0 radical (unpaired) electrons. The van der Waals surface area contributed by atoms with Crippen molar-refractivity contribution in [1.29, 1.82) is 0 Å². The molecule has 0 amide bonds. The van der Waals surface area contributed by atoms with Crippen LogP contribution >= 0.6 is 0 Å². The zero-order chi connectivity index (χ0) is 20.9. The van der Waals surface area contributed by atoms with Crippen LogP contribution in [-0.4, -0.2) is 25.5 Å². The average molecular weight is 383 g/mol. The Kier molecular flexibility index (Phi) is 5.69. The Morgan fingerprint density at radius 2 is 0.923 bits per heavy atom. The number of hydrogen-bond donors (Lipinski definition) is 1. The number of hydrogen-bond acceptors (Lipinski definition) is 4. The summed E-state index contributed by atoms with van der Waals surface area (Å²) in [5.41, 5.74) is -0.758. The SMILES string of the molecule is CC(C)(C)c1c(C=O)c(C(C)(C)C)c(S(=O)(=O)O)c(C(C)(C)C)c1C=O. The monoisotopic (exact) mass is 382 g/mol. The van der Waals surface area contributed by atoms with Gasteiger partial charge in [0, 0.05) is 11.1 Å². The molecule has 0 atom stereocenters. The molecule has 0 aliphatic heterocycles. The lowest BCUT2D eigenvalue weighted by molar-refractivity contribution is 0.111. The van der Waals surface area contributed by atoms with E-state index in [0.29, 0.717) is 18.1 Å². The molecule has 146 valence electrons. The Hall–Kier alpha value is -1.53. The van der Waals surface area contributed by atoms with Crippen LogP contribution in [0.5, 0.6) is 0 Å².